The van der Waals surface area contributed by atoms with Crippen molar-refractivity contribution in [2.45, 2.75) is 44.8 Å². The molecule has 0 bridgehead atoms. The van der Waals surface area contributed by atoms with Gasteiger partial charge in [0, 0.05) is 32.9 Å². The molecule has 0 aliphatic carbocycles. The summed E-state index contributed by atoms with van der Waals surface area (Å²) in [6.45, 7) is 3.90. The maximum atomic E-state index is 11.0. The SMILES string of the molecule is CC(=O)O[C@H]1C[C@H](OC(C)=O)[C@H](OC(C)=O)CS1. The minimum absolute atomic E-state index is 0.321. The molecular weight excluding hydrogens is 260 g/mol. The number of rotatable bonds is 3. The summed E-state index contributed by atoms with van der Waals surface area (Å²) in [6, 6.07) is 0. The van der Waals surface area contributed by atoms with Crippen LogP contribution >= 0.6 is 11.8 Å². The summed E-state index contributed by atoms with van der Waals surface area (Å²) in [4.78, 5) is 32.8. The second-order valence-corrected chi connectivity index (χ2v) is 5.10. The lowest BCUT2D eigenvalue weighted by Crippen LogP contribution is -2.43. The van der Waals surface area contributed by atoms with Gasteiger partial charge in [0.15, 0.2) is 5.44 Å². The van der Waals surface area contributed by atoms with Crippen LogP contribution in [0, 0.1) is 0 Å². The summed E-state index contributed by atoms with van der Waals surface area (Å²) in [5.74, 6) is -0.843. The zero-order chi connectivity index (χ0) is 13.7. The largest absolute Gasteiger partial charge is 0.458 e. The van der Waals surface area contributed by atoms with Crippen molar-refractivity contribution in [2.75, 3.05) is 5.75 Å². The van der Waals surface area contributed by atoms with Crippen LogP contribution in [0.3, 0.4) is 0 Å². The molecule has 1 aliphatic heterocycles. The molecule has 1 fully saturated rings. The van der Waals surface area contributed by atoms with E-state index >= 15 is 0 Å². The zero-order valence-electron chi connectivity index (χ0n) is 10.5. The number of thioether (sulfide) groups is 1. The minimum Gasteiger partial charge on any atom is -0.458 e. The van der Waals surface area contributed by atoms with E-state index in [0.29, 0.717) is 12.2 Å². The highest BCUT2D eigenvalue weighted by atomic mass is 32.2. The van der Waals surface area contributed by atoms with E-state index in [0.717, 1.165) is 0 Å². The van der Waals surface area contributed by atoms with E-state index in [1.807, 2.05) is 0 Å². The molecule has 1 aliphatic rings. The molecule has 1 heterocycles. The Labute approximate surface area is 109 Å². The van der Waals surface area contributed by atoms with Crippen molar-refractivity contribution in [1.82, 2.24) is 0 Å². The number of carbonyl (C=O) groups excluding carboxylic acids is 3. The maximum Gasteiger partial charge on any atom is 0.303 e. The molecule has 7 heteroatoms. The average molecular weight is 276 g/mol. The fourth-order valence-corrected chi connectivity index (χ4v) is 2.86. The van der Waals surface area contributed by atoms with Crippen LogP contribution in [0.4, 0.5) is 0 Å². The van der Waals surface area contributed by atoms with E-state index in [9.17, 15) is 14.4 Å². The first kappa shape index (κ1) is 14.8. The van der Waals surface area contributed by atoms with Crippen LogP contribution in [0.5, 0.6) is 0 Å². The molecule has 18 heavy (non-hydrogen) atoms. The fraction of sp³-hybridized carbons (Fsp3) is 0.727. The van der Waals surface area contributed by atoms with Crippen molar-refractivity contribution in [3.8, 4) is 0 Å². The Hall–Kier alpha value is -1.24. The lowest BCUT2D eigenvalue weighted by Gasteiger charge is -2.33. The third kappa shape index (κ3) is 4.95. The van der Waals surface area contributed by atoms with Gasteiger partial charge in [-0.15, -0.1) is 11.8 Å². The second-order valence-electron chi connectivity index (χ2n) is 3.90. The summed E-state index contributed by atoms with van der Waals surface area (Å²) in [5, 5.41) is 0. The summed E-state index contributed by atoms with van der Waals surface area (Å²) in [6.07, 6.45) is -0.748. The molecule has 3 atom stereocenters. The molecule has 0 aromatic carbocycles. The first-order valence-corrected chi connectivity index (χ1v) is 6.56. The van der Waals surface area contributed by atoms with Crippen LogP contribution in [0.15, 0.2) is 0 Å². The number of hydrogen-bond donors (Lipinski definition) is 0. The predicted octanol–water partition coefficient (Wildman–Crippen LogP) is 0.876. The number of ether oxygens (including phenoxy) is 3. The average Bonchev–Trinajstić information content (AvgIpc) is 2.19. The van der Waals surface area contributed by atoms with Crippen molar-refractivity contribution in [3.05, 3.63) is 0 Å². The molecule has 0 aromatic heterocycles. The Kier molecular flexibility index (Phi) is 5.46. The quantitative estimate of drug-likeness (QED) is 0.559. The number of esters is 3. The Morgan fingerprint density at radius 3 is 1.89 bits per heavy atom. The van der Waals surface area contributed by atoms with Gasteiger partial charge in [0.2, 0.25) is 0 Å². The summed E-state index contributed by atoms with van der Waals surface area (Å²) in [5.41, 5.74) is -0.376. The molecule has 0 radical (unpaired) electrons. The van der Waals surface area contributed by atoms with E-state index in [2.05, 4.69) is 0 Å². The van der Waals surface area contributed by atoms with E-state index in [1.54, 1.807) is 0 Å². The van der Waals surface area contributed by atoms with Crippen LogP contribution < -0.4 is 0 Å². The summed E-state index contributed by atoms with van der Waals surface area (Å²) < 4.78 is 15.2. The monoisotopic (exact) mass is 276 g/mol. The van der Waals surface area contributed by atoms with Gasteiger partial charge in [0.25, 0.3) is 0 Å². The van der Waals surface area contributed by atoms with Gasteiger partial charge in [-0.3, -0.25) is 14.4 Å². The molecule has 0 unspecified atom stereocenters. The highest BCUT2D eigenvalue weighted by Crippen LogP contribution is 2.30. The normalized spacial score (nSPS) is 27.2. The van der Waals surface area contributed by atoms with Crippen LogP contribution in [-0.4, -0.2) is 41.3 Å². The molecule has 0 saturated carbocycles. The Bertz CT molecular complexity index is 342. The number of hydrogen-bond acceptors (Lipinski definition) is 7. The molecule has 1 rings (SSSR count). The van der Waals surface area contributed by atoms with E-state index in [1.165, 1.54) is 32.5 Å². The summed E-state index contributed by atoms with van der Waals surface area (Å²) in [7, 11) is 0. The highest BCUT2D eigenvalue weighted by molar-refractivity contribution is 7.99. The third-order valence-electron chi connectivity index (χ3n) is 2.22. The first-order valence-electron chi connectivity index (χ1n) is 5.51. The van der Waals surface area contributed by atoms with Gasteiger partial charge in [-0.05, 0) is 0 Å². The minimum atomic E-state index is -0.572. The van der Waals surface area contributed by atoms with Crippen molar-refractivity contribution in [3.63, 3.8) is 0 Å². The van der Waals surface area contributed by atoms with Crippen LogP contribution in [0.2, 0.25) is 0 Å². The standard InChI is InChI=1S/C11H16O6S/c1-6(12)15-9-4-11(17-8(3)14)18-5-10(9)16-7(2)13/h9-11H,4-5H2,1-3H3/t9-,10+,11+/m0/s1. The fourth-order valence-electron chi connectivity index (χ4n) is 1.65. The van der Waals surface area contributed by atoms with Gasteiger partial charge in [0.1, 0.15) is 12.2 Å². The van der Waals surface area contributed by atoms with E-state index in [-0.39, 0.29) is 11.4 Å². The predicted molar refractivity (Wildman–Crippen MR) is 63.7 cm³/mol. The Balaban J connectivity index is 2.62. The van der Waals surface area contributed by atoms with Crippen molar-refractivity contribution >= 4 is 29.7 Å². The highest BCUT2D eigenvalue weighted by Gasteiger charge is 2.36. The molecule has 6 nitrogen and oxygen atoms in total. The van der Waals surface area contributed by atoms with Crippen LogP contribution in [0.1, 0.15) is 27.2 Å². The molecule has 0 N–H and O–H groups in total. The van der Waals surface area contributed by atoms with E-state index in [4.69, 9.17) is 14.2 Å². The molecule has 0 spiro atoms. The molecule has 0 amide bonds. The zero-order valence-corrected chi connectivity index (χ0v) is 11.3. The Morgan fingerprint density at radius 2 is 1.39 bits per heavy atom. The van der Waals surface area contributed by atoms with Gasteiger partial charge in [0.05, 0.1) is 0 Å². The van der Waals surface area contributed by atoms with Crippen molar-refractivity contribution in [1.29, 1.82) is 0 Å². The molecule has 0 aromatic rings. The Morgan fingerprint density at radius 1 is 0.889 bits per heavy atom. The maximum absolute atomic E-state index is 11.0. The van der Waals surface area contributed by atoms with Crippen molar-refractivity contribution < 1.29 is 28.6 Å². The molecule has 1 saturated heterocycles. The van der Waals surface area contributed by atoms with Crippen LogP contribution in [-0.2, 0) is 28.6 Å². The smallest absolute Gasteiger partial charge is 0.303 e. The molecule has 102 valence electrons. The second kappa shape index (κ2) is 6.63. The summed E-state index contributed by atoms with van der Waals surface area (Å²) >= 11 is 1.36. The van der Waals surface area contributed by atoms with Crippen LogP contribution in [0.25, 0.3) is 0 Å². The lowest BCUT2D eigenvalue weighted by atomic mass is 10.1. The van der Waals surface area contributed by atoms with Gasteiger partial charge in [-0.1, -0.05) is 0 Å². The van der Waals surface area contributed by atoms with Crippen molar-refractivity contribution in [2.24, 2.45) is 0 Å². The topological polar surface area (TPSA) is 78.9 Å². The first-order chi connectivity index (χ1) is 8.38. The lowest BCUT2D eigenvalue weighted by molar-refractivity contribution is -0.167. The van der Waals surface area contributed by atoms with Gasteiger partial charge < -0.3 is 14.2 Å². The molecular formula is C11H16O6S. The van der Waals surface area contributed by atoms with Gasteiger partial charge in [-0.25, -0.2) is 0 Å². The number of carbonyl (C=O) groups is 3. The third-order valence-corrected chi connectivity index (χ3v) is 3.40. The van der Waals surface area contributed by atoms with Gasteiger partial charge in [-0.2, -0.15) is 0 Å². The van der Waals surface area contributed by atoms with E-state index < -0.39 is 24.1 Å². The van der Waals surface area contributed by atoms with Gasteiger partial charge >= 0.3 is 17.9 Å².